The number of carbonyl (C=O) groups is 2. The molecular formula is C15H14FNO3S. The molecule has 0 saturated carbocycles. The molecule has 1 N–H and O–H groups in total. The number of rotatable bonds is 4. The van der Waals surface area contributed by atoms with Crippen LogP contribution in [-0.2, 0) is 9.53 Å². The standard InChI is InChI=1S/C15H14FNO3S/c1-9-7-8-21-13(9)15(19)20-10(2)14(18)17-12-6-4-3-5-11(12)16/h3-8,10H,1-2H3,(H,17,18)/t10-/m1/s1. The van der Waals surface area contributed by atoms with Gasteiger partial charge in [-0.15, -0.1) is 11.3 Å². The van der Waals surface area contributed by atoms with Crippen molar-refractivity contribution in [3.05, 3.63) is 52.0 Å². The Morgan fingerprint density at radius 1 is 1.29 bits per heavy atom. The van der Waals surface area contributed by atoms with Gasteiger partial charge in [0.15, 0.2) is 6.10 Å². The summed E-state index contributed by atoms with van der Waals surface area (Å²) in [6.07, 6.45) is -1.02. The summed E-state index contributed by atoms with van der Waals surface area (Å²) in [5.41, 5.74) is 0.851. The number of para-hydroxylation sites is 1. The van der Waals surface area contributed by atoms with Crippen LogP contribution in [0.25, 0.3) is 0 Å². The van der Waals surface area contributed by atoms with Crippen LogP contribution in [0.2, 0.25) is 0 Å². The van der Waals surface area contributed by atoms with Crippen LogP contribution in [-0.4, -0.2) is 18.0 Å². The van der Waals surface area contributed by atoms with Crippen LogP contribution < -0.4 is 5.32 Å². The number of carbonyl (C=O) groups excluding carboxylic acids is 2. The highest BCUT2D eigenvalue weighted by Gasteiger charge is 2.21. The van der Waals surface area contributed by atoms with Gasteiger partial charge in [0.05, 0.1) is 5.69 Å². The van der Waals surface area contributed by atoms with Crippen LogP contribution in [0, 0.1) is 12.7 Å². The second-order valence-electron chi connectivity index (χ2n) is 4.45. The molecule has 0 radical (unpaired) electrons. The molecule has 1 heterocycles. The third kappa shape index (κ3) is 3.66. The minimum atomic E-state index is -1.02. The van der Waals surface area contributed by atoms with Crippen molar-refractivity contribution >= 4 is 28.9 Å². The van der Waals surface area contributed by atoms with Gasteiger partial charge in [0.1, 0.15) is 10.7 Å². The minimum Gasteiger partial charge on any atom is -0.448 e. The molecule has 0 aliphatic rings. The summed E-state index contributed by atoms with van der Waals surface area (Å²) in [6, 6.07) is 7.59. The van der Waals surface area contributed by atoms with E-state index in [0.717, 1.165) is 5.56 Å². The number of amides is 1. The predicted octanol–water partition coefficient (Wildman–Crippen LogP) is 3.38. The summed E-state index contributed by atoms with van der Waals surface area (Å²) in [7, 11) is 0. The first kappa shape index (κ1) is 15.2. The van der Waals surface area contributed by atoms with Gasteiger partial charge in [-0.25, -0.2) is 9.18 Å². The van der Waals surface area contributed by atoms with Crippen molar-refractivity contribution in [1.82, 2.24) is 0 Å². The summed E-state index contributed by atoms with van der Waals surface area (Å²) in [6.45, 7) is 3.23. The van der Waals surface area contributed by atoms with E-state index in [-0.39, 0.29) is 5.69 Å². The number of aryl methyl sites for hydroxylation is 1. The second-order valence-corrected chi connectivity index (χ2v) is 5.37. The third-order valence-corrected chi connectivity index (χ3v) is 3.83. The lowest BCUT2D eigenvalue weighted by atomic mass is 10.2. The molecule has 0 unspecified atom stereocenters. The van der Waals surface area contributed by atoms with Crippen LogP contribution in [0.4, 0.5) is 10.1 Å². The van der Waals surface area contributed by atoms with Crippen LogP contribution in [0.5, 0.6) is 0 Å². The lowest BCUT2D eigenvalue weighted by Gasteiger charge is -2.13. The van der Waals surface area contributed by atoms with Crippen molar-refractivity contribution in [2.45, 2.75) is 20.0 Å². The van der Waals surface area contributed by atoms with E-state index in [0.29, 0.717) is 4.88 Å². The van der Waals surface area contributed by atoms with Crippen LogP contribution >= 0.6 is 11.3 Å². The molecule has 2 aromatic rings. The number of halogens is 1. The fourth-order valence-electron chi connectivity index (χ4n) is 1.65. The Morgan fingerprint density at radius 3 is 2.62 bits per heavy atom. The molecule has 110 valence electrons. The molecule has 0 bridgehead atoms. The van der Waals surface area contributed by atoms with Crippen molar-refractivity contribution in [2.24, 2.45) is 0 Å². The van der Waals surface area contributed by atoms with E-state index in [9.17, 15) is 14.0 Å². The number of thiophene rings is 1. The maximum Gasteiger partial charge on any atom is 0.349 e. The lowest BCUT2D eigenvalue weighted by Crippen LogP contribution is -2.30. The summed E-state index contributed by atoms with van der Waals surface area (Å²) < 4.78 is 18.5. The van der Waals surface area contributed by atoms with Gasteiger partial charge in [-0.3, -0.25) is 4.79 Å². The van der Waals surface area contributed by atoms with E-state index in [4.69, 9.17) is 4.74 Å². The van der Waals surface area contributed by atoms with E-state index in [1.54, 1.807) is 24.4 Å². The number of nitrogens with one attached hydrogen (secondary N) is 1. The van der Waals surface area contributed by atoms with Gasteiger partial charge in [0.2, 0.25) is 0 Å². The lowest BCUT2D eigenvalue weighted by molar-refractivity contribution is -0.123. The maximum atomic E-state index is 13.4. The zero-order valence-electron chi connectivity index (χ0n) is 11.6. The van der Waals surface area contributed by atoms with Gasteiger partial charge in [0.25, 0.3) is 5.91 Å². The van der Waals surface area contributed by atoms with Gasteiger partial charge in [-0.05, 0) is 43.0 Å². The topological polar surface area (TPSA) is 55.4 Å². The van der Waals surface area contributed by atoms with Crippen molar-refractivity contribution in [3.8, 4) is 0 Å². The molecule has 0 aliphatic carbocycles. The highest BCUT2D eigenvalue weighted by molar-refractivity contribution is 7.12. The SMILES string of the molecule is Cc1ccsc1C(=O)O[C@H](C)C(=O)Nc1ccccc1F. The number of hydrogen-bond acceptors (Lipinski definition) is 4. The number of anilines is 1. The van der Waals surface area contributed by atoms with Gasteiger partial charge >= 0.3 is 5.97 Å². The molecule has 1 amide bonds. The summed E-state index contributed by atoms with van der Waals surface area (Å²) >= 11 is 1.25. The molecule has 21 heavy (non-hydrogen) atoms. The molecular weight excluding hydrogens is 293 g/mol. The fraction of sp³-hybridized carbons (Fsp3) is 0.200. The monoisotopic (exact) mass is 307 g/mol. The average Bonchev–Trinajstić information content (AvgIpc) is 2.87. The molecule has 0 aliphatic heterocycles. The average molecular weight is 307 g/mol. The Kier molecular flexibility index (Phi) is 4.70. The zero-order valence-corrected chi connectivity index (χ0v) is 12.4. The summed E-state index contributed by atoms with van der Waals surface area (Å²) in [4.78, 5) is 24.3. The Balaban J connectivity index is 1.99. The molecule has 2 rings (SSSR count). The molecule has 0 fully saturated rings. The van der Waals surface area contributed by atoms with Gasteiger partial charge in [-0.2, -0.15) is 0 Å². The summed E-state index contributed by atoms with van der Waals surface area (Å²) in [5.74, 6) is -1.68. The third-order valence-electron chi connectivity index (χ3n) is 2.83. The van der Waals surface area contributed by atoms with E-state index in [2.05, 4.69) is 5.32 Å². The molecule has 4 nitrogen and oxygen atoms in total. The normalized spacial score (nSPS) is 11.8. The number of ether oxygens (including phenoxy) is 1. The van der Waals surface area contributed by atoms with Gasteiger partial charge in [-0.1, -0.05) is 12.1 Å². The number of esters is 1. The second kappa shape index (κ2) is 6.49. The number of benzene rings is 1. The Hall–Kier alpha value is -2.21. The summed E-state index contributed by atoms with van der Waals surface area (Å²) in [5, 5.41) is 4.16. The van der Waals surface area contributed by atoms with Crippen LogP contribution in [0.1, 0.15) is 22.2 Å². The Morgan fingerprint density at radius 2 is 2.00 bits per heavy atom. The maximum absolute atomic E-state index is 13.4. The first-order chi connectivity index (χ1) is 9.99. The van der Waals surface area contributed by atoms with Crippen molar-refractivity contribution < 1.29 is 18.7 Å². The molecule has 0 spiro atoms. The smallest absolute Gasteiger partial charge is 0.349 e. The first-order valence-electron chi connectivity index (χ1n) is 6.29. The van der Waals surface area contributed by atoms with Gasteiger partial charge in [0, 0.05) is 0 Å². The van der Waals surface area contributed by atoms with Crippen LogP contribution in [0.15, 0.2) is 35.7 Å². The first-order valence-corrected chi connectivity index (χ1v) is 7.17. The largest absolute Gasteiger partial charge is 0.448 e. The van der Waals surface area contributed by atoms with E-state index in [1.165, 1.54) is 36.5 Å². The predicted molar refractivity (Wildman–Crippen MR) is 79.0 cm³/mol. The quantitative estimate of drug-likeness (QED) is 0.881. The van der Waals surface area contributed by atoms with Crippen LogP contribution in [0.3, 0.4) is 0 Å². The van der Waals surface area contributed by atoms with E-state index in [1.807, 2.05) is 0 Å². The van der Waals surface area contributed by atoms with E-state index < -0.39 is 23.8 Å². The Bertz CT molecular complexity index is 668. The van der Waals surface area contributed by atoms with Crippen molar-refractivity contribution in [1.29, 1.82) is 0 Å². The molecule has 6 heteroatoms. The molecule has 0 saturated heterocycles. The fourth-order valence-corrected chi connectivity index (χ4v) is 2.45. The van der Waals surface area contributed by atoms with Crippen molar-refractivity contribution in [3.63, 3.8) is 0 Å². The highest BCUT2D eigenvalue weighted by Crippen LogP contribution is 2.18. The molecule has 1 atom stereocenters. The zero-order chi connectivity index (χ0) is 15.4. The molecule has 1 aromatic carbocycles. The highest BCUT2D eigenvalue weighted by atomic mass is 32.1. The number of hydrogen-bond donors (Lipinski definition) is 1. The molecule has 1 aromatic heterocycles. The van der Waals surface area contributed by atoms with E-state index >= 15 is 0 Å². The minimum absolute atomic E-state index is 0.0534. The van der Waals surface area contributed by atoms with Gasteiger partial charge < -0.3 is 10.1 Å². The Labute approximate surface area is 125 Å². The van der Waals surface area contributed by atoms with Crippen molar-refractivity contribution in [2.75, 3.05) is 5.32 Å².